The van der Waals surface area contributed by atoms with Gasteiger partial charge in [-0.25, -0.2) is 4.98 Å². The van der Waals surface area contributed by atoms with Crippen LogP contribution in [0.15, 0.2) is 6.20 Å². The van der Waals surface area contributed by atoms with E-state index in [1.54, 1.807) is 7.11 Å². The van der Waals surface area contributed by atoms with E-state index in [1.807, 2.05) is 20.0 Å². The Morgan fingerprint density at radius 1 is 1.35 bits per heavy atom. The smallest absolute Gasteiger partial charge is 0.308 e. The maximum absolute atomic E-state index is 11.7. The first-order valence-electron chi connectivity index (χ1n) is 7.19. The van der Waals surface area contributed by atoms with Crippen molar-refractivity contribution in [1.82, 2.24) is 9.97 Å². The zero-order chi connectivity index (χ0) is 14.5. The third-order valence-corrected chi connectivity index (χ3v) is 3.88. The van der Waals surface area contributed by atoms with Crippen LogP contribution in [0.5, 0.6) is 5.88 Å². The molecule has 0 saturated heterocycles. The van der Waals surface area contributed by atoms with Gasteiger partial charge in [0.25, 0.3) is 0 Å². The van der Waals surface area contributed by atoms with Crippen LogP contribution in [0.2, 0.25) is 0 Å². The summed E-state index contributed by atoms with van der Waals surface area (Å²) in [4.78, 5) is 20.3. The molecule has 5 heteroatoms. The molecule has 0 spiro atoms. The van der Waals surface area contributed by atoms with Crippen molar-refractivity contribution in [3.63, 3.8) is 0 Å². The van der Waals surface area contributed by atoms with Gasteiger partial charge in [-0.2, -0.15) is 4.98 Å². The minimum absolute atomic E-state index is 0.0450. The van der Waals surface area contributed by atoms with E-state index in [-0.39, 0.29) is 11.9 Å². The SMILES string of the molecule is CCOC(=O)C1CCC(c2cnc(C)nc2OC)CC1. The third-order valence-electron chi connectivity index (χ3n) is 3.88. The number of carbonyl (C=O) groups excluding carboxylic acids is 1. The van der Waals surface area contributed by atoms with Gasteiger partial charge in [0.15, 0.2) is 0 Å². The largest absolute Gasteiger partial charge is 0.481 e. The molecular formula is C15H22N2O3. The quantitative estimate of drug-likeness (QED) is 0.792. The van der Waals surface area contributed by atoms with E-state index in [0.29, 0.717) is 24.2 Å². The maximum atomic E-state index is 11.7. The number of esters is 1. The molecule has 1 aliphatic rings. The zero-order valence-corrected chi connectivity index (χ0v) is 12.4. The normalized spacial score (nSPS) is 22.4. The van der Waals surface area contributed by atoms with Crippen LogP contribution in [0.25, 0.3) is 0 Å². The Morgan fingerprint density at radius 2 is 2.05 bits per heavy atom. The van der Waals surface area contributed by atoms with Crippen LogP contribution in [0, 0.1) is 12.8 Å². The predicted molar refractivity (Wildman–Crippen MR) is 74.7 cm³/mol. The summed E-state index contributed by atoms with van der Waals surface area (Å²) in [6.45, 7) is 4.15. The van der Waals surface area contributed by atoms with E-state index in [4.69, 9.17) is 9.47 Å². The van der Waals surface area contributed by atoms with Crippen molar-refractivity contribution in [2.75, 3.05) is 13.7 Å². The molecule has 0 N–H and O–H groups in total. The lowest BCUT2D eigenvalue weighted by atomic mass is 9.79. The highest BCUT2D eigenvalue weighted by atomic mass is 16.5. The van der Waals surface area contributed by atoms with Crippen molar-refractivity contribution in [3.05, 3.63) is 17.6 Å². The highest BCUT2D eigenvalue weighted by Crippen LogP contribution is 2.38. The molecular weight excluding hydrogens is 256 g/mol. The third kappa shape index (κ3) is 3.26. The molecule has 1 aliphatic carbocycles. The van der Waals surface area contributed by atoms with Gasteiger partial charge in [-0.1, -0.05) is 0 Å². The molecule has 20 heavy (non-hydrogen) atoms. The number of hydrogen-bond acceptors (Lipinski definition) is 5. The second-order valence-electron chi connectivity index (χ2n) is 5.18. The molecule has 5 nitrogen and oxygen atoms in total. The van der Waals surface area contributed by atoms with Gasteiger partial charge in [0.05, 0.1) is 19.6 Å². The van der Waals surface area contributed by atoms with E-state index >= 15 is 0 Å². The van der Waals surface area contributed by atoms with Gasteiger partial charge in [0.1, 0.15) is 5.82 Å². The van der Waals surface area contributed by atoms with E-state index in [9.17, 15) is 4.79 Å². The number of carbonyl (C=O) groups is 1. The van der Waals surface area contributed by atoms with E-state index in [1.165, 1.54) is 0 Å². The second-order valence-corrected chi connectivity index (χ2v) is 5.18. The zero-order valence-electron chi connectivity index (χ0n) is 12.4. The number of ether oxygens (including phenoxy) is 2. The Labute approximate surface area is 119 Å². The topological polar surface area (TPSA) is 61.3 Å². The summed E-state index contributed by atoms with van der Waals surface area (Å²) in [7, 11) is 1.63. The maximum Gasteiger partial charge on any atom is 0.308 e. The lowest BCUT2D eigenvalue weighted by Crippen LogP contribution is -2.23. The van der Waals surface area contributed by atoms with Gasteiger partial charge in [-0.3, -0.25) is 4.79 Å². The summed E-state index contributed by atoms with van der Waals surface area (Å²) in [6, 6.07) is 0. The summed E-state index contributed by atoms with van der Waals surface area (Å²) in [5.74, 6) is 1.74. The van der Waals surface area contributed by atoms with Gasteiger partial charge < -0.3 is 9.47 Å². The van der Waals surface area contributed by atoms with Crippen LogP contribution in [0.4, 0.5) is 0 Å². The van der Waals surface area contributed by atoms with Crippen LogP contribution < -0.4 is 4.74 Å². The first-order valence-corrected chi connectivity index (χ1v) is 7.19. The summed E-state index contributed by atoms with van der Waals surface area (Å²) >= 11 is 0. The first-order chi connectivity index (χ1) is 9.65. The molecule has 1 aromatic rings. The molecule has 0 amide bonds. The van der Waals surface area contributed by atoms with Gasteiger partial charge >= 0.3 is 5.97 Å². The molecule has 0 atom stereocenters. The van der Waals surface area contributed by atoms with Crippen LogP contribution in [0.3, 0.4) is 0 Å². The summed E-state index contributed by atoms with van der Waals surface area (Å²) in [5, 5.41) is 0. The molecule has 0 unspecified atom stereocenters. The number of methoxy groups -OCH3 is 1. The fraction of sp³-hybridized carbons (Fsp3) is 0.667. The number of aromatic nitrogens is 2. The Kier molecular flexibility index (Phi) is 4.93. The van der Waals surface area contributed by atoms with Crippen LogP contribution in [-0.4, -0.2) is 29.7 Å². The van der Waals surface area contributed by atoms with Crippen molar-refractivity contribution in [2.24, 2.45) is 5.92 Å². The number of aryl methyl sites for hydroxylation is 1. The van der Waals surface area contributed by atoms with Gasteiger partial charge in [-0.05, 0) is 45.4 Å². The molecule has 0 aromatic carbocycles. The highest BCUT2D eigenvalue weighted by molar-refractivity contribution is 5.72. The second kappa shape index (κ2) is 6.68. The molecule has 1 aromatic heterocycles. The Balaban J connectivity index is 2.02. The molecule has 1 saturated carbocycles. The van der Waals surface area contributed by atoms with E-state index in [2.05, 4.69) is 9.97 Å². The van der Waals surface area contributed by atoms with Crippen molar-refractivity contribution in [3.8, 4) is 5.88 Å². The standard InChI is InChI=1S/C15H22N2O3/c1-4-20-15(18)12-7-5-11(6-8-12)13-9-16-10(2)17-14(13)19-3/h9,11-12H,4-8H2,1-3H3. The number of hydrogen-bond donors (Lipinski definition) is 0. The molecule has 1 fully saturated rings. The predicted octanol–water partition coefficient (Wildman–Crippen LogP) is 2.63. The van der Waals surface area contributed by atoms with Gasteiger partial charge in [0.2, 0.25) is 5.88 Å². The van der Waals surface area contributed by atoms with Crippen molar-refractivity contribution < 1.29 is 14.3 Å². The monoisotopic (exact) mass is 278 g/mol. The summed E-state index contributed by atoms with van der Waals surface area (Å²) in [5.41, 5.74) is 1.06. The molecule has 1 heterocycles. The number of nitrogens with zero attached hydrogens (tertiary/aromatic N) is 2. The minimum atomic E-state index is -0.0573. The minimum Gasteiger partial charge on any atom is -0.481 e. The average Bonchev–Trinajstić information content (AvgIpc) is 2.47. The van der Waals surface area contributed by atoms with Crippen LogP contribution in [-0.2, 0) is 9.53 Å². The first kappa shape index (κ1) is 14.8. The van der Waals surface area contributed by atoms with Crippen LogP contribution in [0.1, 0.15) is 49.9 Å². The van der Waals surface area contributed by atoms with Gasteiger partial charge in [-0.15, -0.1) is 0 Å². The lowest BCUT2D eigenvalue weighted by Gasteiger charge is -2.27. The Bertz CT molecular complexity index is 468. The Hall–Kier alpha value is -1.65. The van der Waals surface area contributed by atoms with Crippen molar-refractivity contribution in [2.45, 2.75) is 45.4 Å². The molecule has 110 valence electrons. The van der Waals surface area contributed by atoms with Crippen LogP contribution >= 0.6 is 0 Å². The average molecular weight is 278 g/mol. The van der Waals surface area contributed by atoms with E-state index < -0.39 is 0 Å². The molecule has 0 aliphatic heterocycles. The van der Waals surface area contributed by atoms with Gasteiger partial charge in [0, 0.05) is 11.8 Å². The van der Waals surface area contributed by atoms with Crippen molar-refractivity contribution in [1.29, 1.82) is 0 Å². The Morgan fingerprint density at radius 3 is 2.65 bits per heavy atom. The molecule has 2 rings (SSSR count). The number of rotatable bonds is 4. The highest BCUT2D eigenvalue weighted by Gasteiger charge is 2.29. The summed E-state index contributed by atoms with van der Waals surface area (Å²) in [6.07, 6.45) is 5.48. The van der Waals surface area contributed by atoms with E-state index in [0.717, 1.165) is 31.2 Å². The fourth-order valence-electron chi connectivity index (χ4n) is 2.80. The lowest BCUT2D eigenvalue weighted by molar-refractivity contribution is -0.149. The fourth-order valence-corrected chi connectivity index (χ4v) is 2.80. The molecule has 0 radical (unpaired) electrons. The molecule has 0 bridgehead atoms. The van der Waals surface area contributed by atoms with Crippen molar-refractivity contribution >= 4 is 5.97 Å². The summed E-state index contributed by atoms with van der Waals surface area (Å²) < 4.78 is 10.4.